The molecule has 0 radical (unpaired) electrons. The van der Waals surface area contributed by atoms with Crippen molar-refractivity contribution in [3.05, 3.63) is 35.2 Å². The topological polar surface area (TPSA) is 101 Å². The van der Waals surface area contributed by atoms with Gasteiger partial charge in [0, 0.05) is 12.1 Å². The molecular formula is C11H13ClN4O2S. The molecule has 0 saturated carbocycles. The van der Waals surface area contributed by atoms with Gasteiger partial charge < -0.3 is 10.7 Å². The molecule has 102 valence electrons. The van der Waals surface area contributed by atoms with E-state index in [0.29, 0.717) is 17.9 Å². The molecule has 0 aliphatic carbocycles. The molecule has 0 aliphatic rings. The molecule has 2 aromatic rings. The Balaban J connectivity index is 2.30. The van der Waals surface area contributed by atoms with E-state index in [1.165, 1.54) is 18.3 Å². The number of nitrogens with zero attached hydrogens (tertiary/aromatic N) is 1. The third-order valence-corrected chi connectivity index (χ3v) is 4.05. The Kier molecular flexibility index (Phi) is 3.68. The summed E-state index contributed by atoms with van der Waals surface area (Å²) in [6, 6.07) is 4.55. The lowest BCUT2D eigenvalue weighted by Crippen LogP contribution is -2.13. The number of nitrogens with two attached hydrogens (primary N) is 1. The normalized spacial score (nSPS) is 11.5. The van der Waals surface area contributed by atoms with E-state index in [2.05, 4.69) is 14.7 Å². The average Bonchev–Trinajstić information content (AvgIpc) is 2.82. The zero-order valence-electron chi connectivity index (χ0n) is 10.1. The molecule has 0 atom stereocenters. The second-order valence-corrected chi connectivity index (χ2v) is 5.95. The van der Waals surface area contributed by atoms with Crippen molar-refractivity contribution in [3.8, 4) is 0 Å². The van der Waals surface area contributed by atoms with Crippen LogP contribution in [0.4, 0.5) is 11.4 Å². The molecule has 8 heteroatoms. The minimum Gasteiger partial charge on any atom is -0.399 e. The summed E-state index contributed by atoms with van der Waals surface area (Å²) >= 11 is 5.92. The smallest absolute Gasteiger partial charge is 0.279 e. The van der Waals surface area contributed by atoms with Crippen LogP contribution >= 0.6 is 11.6 Å². The van der Waals surface area contributed by atoms with Crippen LogP contribution in [0.5, 0.6) is 0 Å². The summed E-state index contributed by atoms with van der Waals surface area (Å²) in [6.07, 6.45) is 1.89. The first-order valence-electron chi connectivity index (χ1n) is 5.54. The molecule has 0 saturated heterocycles. The molecule has 0 amide bonds. The van der Waals surface area contributed by atoms with Gasteiger partial charge in [0.1, 0.15) is 5.82 Å². The molecule has 1 heterocycles. The largest absolute Gasteiger partial charge is 0.399 e. The predicted molar refractivity (Wildman–Crippen MR) is 74.6 cm³/mol. The Morgan fingerprint density at radius 3 is 2.79 bits per heavy atom. The lowest BCUT2D eigenvalue weighted by molar-refractivity contribution is 0.598. The van der Waals surface area contributed by atoms with E-state index in [4.69, 9.17) is 17.3 Å². The third kappa shape index (κ3) is 2.99. The Bertz CT molecular complexity index is 696. The van der Waals surface area contributed by atoms with Gasteiger partial charge in [0.05, 0.1) is 16.9 Å². The van der Waals surface area contributed by atoms with Crippen LogP contribution in [0.3, 0.4) is 0 Å². The Morgan fingerprint density at radius 2 is 2.21 bits per heavy atom. The van der Waals surface area contributed by atoms with Crippen molar-refractivity contribution in [1.82, 2.24) is 9.97 Å². The van der Waals surface area contributed by atoms with Crippen LogP contribution in [0.25, 0.3) is 0 Å². The second-order valence-electron chi connectivity index (χ2n) is 3.89. The van der Waals surface area contributed by atoms with Gasteiger partial charge in [-0.05, 0) is 18.2 Å². The molecule has 1 aromatic heterocycles. The lowest BCUT2D eigenvalue weighted by Gasteiger charge is -2.08. The molecule has 2 rings (SSSR count). The molecule has 6 nitrogen and oxygen atoms in total. The molecule has 1 aromatic carbocycles. The first-order chi connectivity index (χ1) is 8.92. The van der Waals surface area contributed by atoms with Gasteiger partial charge in [-0.3, -0.25) is 4.72 Å². The highest BCUT2D eigenvalue weighted by Gasteiger charge is 2.18. The average molecular weight is 301 g/mol. The maximum Gasteiger partial charge on any atom is 0.279 e. The molecule has 4 N–H and O–H groups in total. The number of rotatable bonds is 4. The maximum absolute atomic E-state index is 12.1. The Labute approximate surface area is 116 Å². The number of halogens is 1. The Hall–Kier alpha value is -1.73. The monoisotopic (exact) mass is 300 g/mol. The van der Waals surface area contributed by atoms with Gasteiger partial charge in [-0.1, -0.05) is 18.5 Å². The summed E-state index contributed by atoms with van der Waals surface area (Å²) < 4.78 is 26.6. The molecule has 0 spiro atoms. The number of nitrogen functional groups attached to an aromatic ring is 1. The summed E-state index contributed by atoms with van der Waals surface area (Å²) in [7, 11) is -3.73. The van der Waals surface area contributed by atoms with Gasteiger partial charge in [-0.25, -0.2) is 4.98 Å². The third-order valence-electron chi connectivity index (χ3n) is 2.47. The maximum atomic E-state index is 12.1. The van der Waals surface area contributed by atoms with Crippen LogP contribution in [0.1, 0.15) is 12.7 Å². The van der Waals surface area contributed by atoms with Crippen molar-refractivity contribution in [3.63, 3.8) is 0 Å². The van der Waals surface area contributed by atoms with Crippen LogP contribution in [-0.2, 0) is 16.4 Å². The molecular weight excluding hydrogens is 288 g/mol. The zero-order chi connectivity index (χ0) is 14.0. The first-order valence-corrected chi connectivity index (χ1v) is 7.40. The summed E-state index contributed by atoms with van der Waals surface area (Å²) in [5, 5.41) is 0.232. The number of imidazole rings is 1. The van der Waals surface area contributed by atoms with Gasteiger partial charge in [0.25, 0.3) is 10.0 Å². The molecule has 19 heavy (non-hydrogen) atoms. The highest BCUT2D eigenvalue weighted by molar-refractivity contribution is 7.92. The molecule has 0 fully saturated rings. The number of aryl methyl sites for hydroxylation is 1. The van der Waals surface area contributed by atoms with Gasteiger partial charge in [-0.15, -0.1) is 0 Å². The van der Waals surface area contributed by atoms with Crippen molar-refractivity contribution in [2.24, 2.45) is 0 Å². The summed E-state index contributed by atoms with van der Waals surface area (Å²) in [5.41, 5.74) is 6.27. The fourth-order valence-electron chi connectivity index (χ4n) is 1.47. The van der Waals surface area contributed by atoms with Crippen molar-refractivity contribution >= 4 is 33.0 Å². The van der Waals surface area contributed by atoms with Gasteiger partial charge >= 0.3 is 0 Å². The Morgan fingerprint density at radius 1 is 1.47 bits per heavy atom. The SMILES string of the molecule is CCc1ncc(S(=O)(=O)Nc2ccc(N)cc2Cl)[nH]1. The van der Waals surface area contributed by atoms with Gasteiger partial charge in [0.15, 0.2) is 5.03 Å². The lowest BCUT2D eigenvalue weighted by atomic mass is 10.3. The van der Waals surface area contributed by atoms with E-state index >= 15 is 0 Å². The minimum absolute atomic E-state index is 0.00255. The van der Waals surface area contributed by atoms with E-state index in [0.717, 1.165) is 0 Å². The van der Waals surface area contributed by atoms with Crippen LogP contribution < -0.4 is 10.5 Å². The van der Waals surface area contributed by atoms with Crippen LogP contribution in [0, 0.1) is 0 Å². The summed E-state index contributed by atoms with van der Waals surface area (Å²) in [5.74, 6) is 0.601. The van der Waals surface area contributed by atoms with Crippen LogP contribution in [-0.4, -0.2) is 18.4 Å². The second kappa shape index (κ2) is 5.10. The van der Waals surface area contributed by atoms with E-state index in [1.807, 2.05) is 6.92 Å². The summed E-state index contributed by atoms with van der Waals surface area (Å²) in [4.78, 5) is 6.68. The number of aromatic amines is 1. The number of benzene rings is 1. The molecule has 0 bridgehead atoms. The number of hydrogen-bond donors (Lipinski definition) is 3. The molecule has 0 aliphatic heterocycles. The predicted octanol–water partition coefficient (Wildman–Crippen LogP) is 2.01. The van der Waals surface area contributed by atoms with Gasteiger partial charge in [0.2, 0.25) is 0 Å². The highest BCUT2D eigenvalue weighted by atomic mass is 35.5. The van der Waals surface area contributed by atoms with E-state index in [1.54, 1.807) is 6.07 Å². The highest BCUT2D eigenvalue weighted by Crippen LogP contribution is 2.26. The van der Waals surface area contributed by atoms with Crippen molar-refractivity contribution in [2.75, 3.05) is 10.5 Å². The summed E-state index contributed by atoms with van der Waals surface area (Å²) in [6.45, 7) is 1.87. The van der Waals surface area contributed by atoms with Crippen molar-refractivity contribution < 1.29 is 8.42 Å². The quantitative estimate of drug-likeness (QED) is 0.752. The van der Waals surface area contributed by atoms with Crippen molar-refractivity contribution in [2.45, 2.75) is 18.4 Å². The van der Waals surface area contributed by atoms with Crippen molar-refractivity contribution in [1.29, 1.82) is 0 Å². The molecule has 0 unspecified atom stereocenters. The van der Waals surface area contributed by atoms with E-state index < -0.39 is 10.0 Å². The first kappa shape index (κ1) is 13.7. The number of sulfonamides is 1. The number of aromatic nitrogens is 2. The number of nitrogens with one attached hydrogen (secondary N) is 2. The van der Waals surface area contributed by atoms with E-state index in [9.17, 15) is 8.42 Å². The number of H-pyrrole nitrogens is 1. The fraction of sp³-hybridized carbons (Fsp3) is 0.182. The number of anilines is 2. The zero-order valence-corrected chi connectivity index (χ0v) is 11.7. The fourth-order valence-corrected chi connectivity index (χ4v) is 2.79. The van der Waals surface area contributed by atoms with Crippen LogP contribution in [0.2, 0.25) is 5.02 Å². The standard InChI is InChI=1S/C11H13ClN4O2S/c1-2-10-14-6-11(15-10)19(17,18)16-9-4-3-7(13)5-8(9)12/h3-6,16H,2,13H2,1H3,(H,14,15). The number of hydrogen-bond acceptors (Lipinski definition) is 4. The minimum atomic E-state index is -3.73. The van der Waals surface area contributed by atoms with E-state index in [-0.39, 0.29) is 15.7 Å². The van der Waals surface area contributed by atoms with Gasteiger partial charge in [-0.2, -0.15) is 8.42 Å². The van der Waals surface area contributed by atoms with Crippen LogP contribution in [0.15, 0.2) is 29.4 Å².